The number of nitrogens with zero attached hydrogens (tertiary/aromatic N) is 1. The lowest BCUT2D eigenvalue weighted by Crippen LogP contribution is -2.23. The van der Waals surface area contributed by atoms with Gasteiger partial charge in [0.25, 0.3) is 0 Å². The summed E-state index contributed by atoms with van der Waals surface area (Å²) in [5.74, 6) is -2.05. The summed E-state index contributed by atoms with van der Waals surface area (Å²) in [5, 5.41) is 0.445. The number of ether oxygens (including phenoxy) is 1. The van der Waals surface area contributed by atoms with Crippen LogP contribution in [0, 0.1) is 5.92 Å². The number of carbonyl (C=O) groups is 2. The second-order valence-corrected chi connectivity index (χ2v) is 3.94. The quantitative estimate of drug-likeness (QED) is 0.476. The Morgan fingerprint density at radius 1 is 1.44 bits per heavy atom. The van der Waals surface area contributed by atoms with Gasteiger partial charge in [-0.05, 0) is 13.0 Å². The van der Waals surface area contributed by atoms with Gasteiger partial charge >= 0.3 is 5.97 Å². The molecule has 0 bridgehead atoms. The van der Waals surface area contributed by atoms with Gasteiger partial charge in [0.15, 0.2) is 5.78 Å². The van der Waals surface area contributed by atoms with Crippen LogP contribution in [0.15, 0.2) is 12.3 Å². The van der Waals surface area contributed by atoms with Crippen LogP contribution in [-0.2, 0) is 9.53 Å². The number of pyridine rings is 1. The zero-order valence-corrected chi connectivity index (χ0v) is 10.2. The van der Waals surface area contributed by atoms with E-state index in [1.165, 1.54) is 26.3 Å². The molecule has 1 aromatic rings. The Morgan fingerprint density at radius 2 is 2.06 bits per heavy atom. The molecule has 0 amide bonds. The first kappa shape index (κ1) is 12.9. The third kappa shape index (κ3) is 2.71. The monoisotopic (exact) mass is 261 g/mol. The maximum atomic E-state index is 11.8. The number of aromatic nitrogens is 1. The topological polar surface area (TPSA) is 56.3 Å². The van der Waals surface area contributed by atoms with E-state index in [0.717, 1.165) is 0 Å². The van der Waals surface area contributed by atoms with Crippen LogP contribution in [0.4, 0.5) is 0 Å². The predicted molar refractivity (Wildman–Crippen MR) is 59.8 cm³/mol. The summed E-state index contributed by atoms with van der Waals surface area (Å²) in [7, 11) is 1.21. The van der Waals surface area contributed by atoms with E-state index < -0.39 is 17.7 Å². The number of rotatable bonds is 3. The van der Waals surface area contributed by atoms with Crippen molar-refractivity contribution in [1.29, 1.82) is 0 Å². The number of hydrogen-bond donors (Lipinski definition) is 0. The third-order valence-electron chi connectivity index (χ3n) is 1.99. The Bertz CT molecular complexity index is 434. The number of esters is 1. The highest BCUT2D eigenvalue weighted by Crippen LogP contribution is 2.21. The molecule has 1 aromatic heterocycles. The highest BCUT2D eigenvalue weighted by molar-refractivity contribution is 6.36. The lowest BCUT2D eigenvalue weighted by atomic mass is 10.0. The fourth-order valence-corrected chi connectivity index (χ4v) is 1.56. The zero-order chi connectivity index (χ0) is 12.3. The molecular formula is C10H9Cl2NO3. The first-order chi connectivity index (χ1) is 7.47. The Hall–Kier alpha value is -1.13. The van der Waals surface area contributed by atoms with Gasteiger partial charge < -0.3 is 4.74 Å². The Morgan fingerprint density at radius 3 is 2.56 bits per heavy atom. The highest BCUT2D eigenvalue weighted by atomic mass is 35.5. The summed E-state index contributed by atoms with van der Waals surface area (Å²) in [6.45, 7) is 1.43. The summed E-state index contributed by atoms with van der Waals surface area (Å²) in [4.78, 5) is 26.7. The van der Waals surface area contributed by atoms with Gasteiger partial charge in [0.2, 0.25) is 0 Å². The number of methoxy groups -OCH3 is 1. The molecule has 1 unspecified atom stereocenters. The van der Waals surface area contributed by atoms with E-state index in [2.05, 4.69) is 9.72 Å². The van der Waals surface area contributed by atoms with Crippen molar-refractivity contribution in [2.45, 2.75) is 6.92 Å². The minimum atomic E-state index is -0.934. The Balaban J connectivity index is 3.01. The number of carbonyl (C=O) groups excluding carboxylic acids is 2. The second kappa shape index (κ2) is 5.27. The third-order valence-corrected chi connectivity index (χ3v) is 2.48. The molecule has 0 saturated carbocycles. The molecule has 1 heterocycles. The van der Waals surface area contributed by atoms with E-state index in [-0.39, 0.29) is 10.7 Å². The van der Waals surface area contributed by atoms with E-state index >= 15 is 0 Å². The molecule has 1 atom stereocenters. The smallest absolute Gasteiger partial charge is 0.316 e. The first-order valence-electron chi connectivity index (χ1n) is 4.40. The molecule has 0 aliphatic carbocycles. The zero-order valence-electron chi connectivity index (χ0n) is 8.66. The molecule has 0 spiro atoms. The van der Waals surface area contributed by atoms with Crippen molar-refractivity contribution in [2.75, 3.05) is 7.11 Å². The van der Waals surface area contributed by atoms with Crippen LogP contribution < -0.4 is 0 Å². The average Bonchev–Trinajstić information content (AvgIpc) is 2.26. The fourth-order valence-electron chi connectivity index (χ4n) is 1.08. The van der Waals surface area contributed by atoms with Crippen LogP contribution in [0.5, 0.6) is 0 Å². The Labute approximate surface area is 103 Å². The number of hydrogen-bond acceptors (Lipinski definition) is 4. The maximum absolute atomic E-state index is 11.8. The minimum Gasteiger partial charge on any atom is -0.468 e. The summed E-state index contributed by atoms with van der Waals surface area (Å²) in [5.41, 5.74) is 0.0176. The van der Waals surface area contributed by atoms with Gasteiger partial charge in [0, 0.05) is 6.20 Å². The lowest BCUT2D eigenvalue weighted by molar-refractivity contribution is -0.143. The predicted octanol–water partition coefficient (Wildman–Crippen LogP) is 2.38. The molecule has 4 nitrogen and oxygen atoms in total. The minimum absolute atomic E-state index is 0.0176. The van der Waals surface area contributed by atoms with E-state index in [0.29, 0.717) is 5.02 Å². The SMILES string of the molecule is COC(=O)C(C)C(=O)c1ncc(Cl)cc1Cl. The molecule has 0 aromatic carbocycles. The van der Waals surface area contributed by atoms with Crippen molar-refractivity contribution in [3.63, 3.8) is 0 Å². The van der Waals surface area contributed by atoms with Crippen LogP contribution in [0.1, 0.15) is 17.4 Å². The molecule has 16 heavy (non-hydrogen) atoms. The van der Waals surface area contributed by atoms with Crippen LogP contribution >= 0.6 is 23.2 Å². The standard InChI is InChI=1S/C10H9Cl2NO3/c1-5(10(15)16-2)9(14)8-7(12)3-6(11)4-13-8/h3-5H,1-2H3. The lowest BCUT2D eigenvalue weighted by Gasteiger charge is -2.08. The highest BCUT2D eigenvalue weighted by Gasteiger charge is 2.26. The van der Waals surface area contributed by atoms with Gasteiger partial charge in [-0.2, -0.15) is 0 Å². The van der Waals surface area contributed by atoms with E-state index in [1.54, 1.807) is 0 Å². The van der Waals surface area contributed by atoms with Crippen molar-refractivity contribution in [3.05, 3.63) is 28.0 Å². The van der Waals surface area contributed by atoms with Crippen molar-refractivity contribution in [1.82, 2.24) is 4.98 Å². The van der Waals surface area contributed by atoms with Gasteiger partial charge in [-0.15, -0.1) is 0 Å². The molecule has 0 fully saturated rings. The van der Waals surface area contributed by atoms with E-state index in [4.69, 9.17) is 23.2 Å². The van der Waals surface area contributed by atoms with Crippen molar-refractivity contribution in [3.8, 4) is 0 Å². The van der Waals surface area contributed by atoms with Crippen molar-refractivity contribution >= 4 is 35.0 Å². The molecule has 86 valence electrons. The van der Waals surface area contributed by atoms with Crippen LogP contribution in [0.3, 0.4) is 0 Å². The van der Waals surface area contributed by atoms with Gasteiger partial charge in [0.1, 0.15) is 11.6 Å². The second-order valence-electron chi connectivity index (χ2n) is 3.09. The first-order valence-corrected chi connectivity index (χ1v) is 5.16. The average molecular weight is 262 g/mol. The summed E-state index contributed by atoms with van der Waals surface area (Å²) < 4.78 is 4.46. The molecule has 0 aliphatic heterocycles. The Kier molecular flexibility index (Phi) is 4.26. The molecule has 6 heteroatoms. The van der Waals surface area contributed by atoms with E-state index in [9.17, 15) is 9.59 Å². The fraction of sp³-hybridized carbons (Fsp3) is 0.300. The van der Waals surface area contributed by atoms with Gasteiger partial charge in [-0.3, -0.25) is 9.59 Å². The summed E-state index contributed by atoms with van der Waals surface area (Å²) >= 11 is 11.4. The largest absolute Gasteiger partial charge is 0.468 e. The maximum Gasteiger partial charge on any atom is 0.316 e. The van der Waals surface area contributed by atoms with Crippen molar-refractivity contribution in [2.24, 2.45) is 5.92 Å². The van der Waals surface area contributed by atoms with E-state index in [1.807, 2.05) is 0 Å². The van der Waals surface area contributed by atoms with Crippen LogP contribution in [0.25, 0.3) is 0 Å². The molecule has 0 N–H and O–H groups in total. The van der Waals surface area contributed by atoms with Crippen LogP contribution in [-0.4, -0.2) is 23.8 Å². The molecule has 0 aliphatic rings. The number of halogens is 2. The number of Topliss-reactive ketones (excluding diaryl/α,β-unsaturated/α-hetero) is 1. The molecule has 1 rings (SSSR count). The van der Waals surface area contributed by atoms with Gasteiger partial charge in [0.05, 0.1) is 17.2 Å². The number of ketones is 1. The molecule has 0 saturated heterocycles. The molecule has 0 radical (unpaired) electrons. The van der Waals surface area contributed by atoms with Gasteiger partial charge in [-0.25, -0.2) is 4.98 Å². The van der Waals surface area contributed by atoms with Gasteiger partial charge in [-0.1, -0.05) is 23.2 Å². The summed E-state index contributed by atoms with van der Waals surface area (Å²) in [6.07, 6.45) is 1.30. The van der Waals surface area contributed by atoms with Crippen molar-refractivity contribution < 1.29 is 14.3 Å². The summed E-state index contributed by atoms with van der Waals surface area (Å²) in [6, 6.07) is 1.40. The normalized spacial score (nSPS) is 12.0. The van der Waals surface area contributed by atoms with Crippen LogP contribution in [0.2, 0.25) is 10.0 Å². The molecular weight excluding hydrogens is 253 g/mol.